The smallest absolute Gasteiger partial charge is 0.261 e. The summed E-state index contributed by atoms with van der Waals surface area (Å²) in [5.74, 6) is 1.28. The highest BCUT2D eigenvalue weighted by Crippen LogP contribution is 2.29. The molecule has 0 fully saturated rings. The van der Waals surface area contributed by atoms with E-state index in [-0.39, 0.29) is 4.90 Å². The summed E-state index contributed by atoms with van der Waals surface area (Å²) >= 11 is 0. The Morgan fingerprint density at radius 3 is 2.38 bits per heavy atom. The van der Waals surface area contributed by atoms with Crippen LogP contribution in [-0.4, -0.2) is 15.0 Å². The maximum absolute atomic E-state index is 11.5. The van der Waals surface area contributed by atoms with Crippen molar-refractivity contribution in [1.82, 2.24) is 0 Å². The third-order valence-corrected chi connectivity index (χ3v) is 5.43. The Morgan fingerprint density at radius 2 is 1.86 bits per heavy atom. The van der Waals surface area contributed by atoms with Crippen molar-refractivity contribution in [1.29, 1.82) is 0 Å². The second-order valence-electron chi connectivity index (χ2n) is 5.48. The molecule has 0 radical (unpaired) electrons. The molecule has 120 valence electrons. The maximum atomic E-state index is 11.5. The molecule has 1 rings (SSSR count). The van der Waals surface area contributed by atoms with Crippen LogP contribution in [0.25, 0.3) is 0 Å². The molecular weight excluding hydrogens is 308 g/mol. The summed E-state index contributed by atoms with van der Waals surface area (Å²) in [5, 5.41) is 0. The van der Waals surface area contributed by atoms with Crippen LogP contribution in [0.15, 0.2) is 17.0 Å². The summed E-state index contributed by atoms with van der Waals surface area (Å²) < 4.78 is 28.8. The van der Waals surface area contributed by atoms with Gasteiger partial charge in [-0.05, 0) is 49.4 Å². The molecule has 21 heavy (non-hydrogen) atoms. The number of benzene rings is 1. The standard InChI is InChI=1S/C16H25ClO3S/c1-5-7-8-14(6-2)11-20-15-9-10-16(21(17,18)19)13(4)12(15)3/h9-10,14H,5-8,11H2,1-4H3. The fraction of sp³-hybridized carbons (Fsp3) is 0.625. The number of rotatable bonds is 8. The van der Waals surface area contributed by atoms with E-state index in [4.69, 9.17) is 15.4 Å². The van der Waals surface area contributed by atoms with Crippen LogP contribution in [0.2, 0.25) is 0 Å². The van der Waals surface area contributed by atoms with Crippen molar-refractivity contribution in [2.45, 2.75) is 58.3 Å². The van der Waals surface area contributed by atoms with Crippen molar-refractivity contribution in [3.63, 3.8) is 0 Å². The number of halogens is 1. The van der Waals surface area contributed by atoms with E-state index in [0.29, 0.717) is 18.1 Å². The number of hydrogen-bond donors (Lipinski definition) is 0. The van der Waals surface area contributed by atoms with Gasteiger partial charge in [0.05, 0.1) is 11.5 Å². The van der Waals surface area contributed by atoms with Gasteiger partial charge in [-0.1, -0.05) is 33.1 Å². The quantitative estimate of drug-likeness (QED) is 0.640. The van der Waals surface area contributed by atoms with Crippen LogP contribution in [0.5, 0.6) is 5.75 Å². The van der Waals surface area contributed by atoms with Crippen LogP contribution >= 0.6 is 10.7 Å². The van der Waals surface area contributed by atoms with Gasteiger partial charge in [-0.25, -0.2) is 8.42 Å². The molecule has 0 saturated heterocycles. The van der Waals surface area contributed by atoms with Crippen LogP contribution in [0.1, 0.15) is 50.7 Å². The predicted molar refractivity (Wildman–Crippen MR) is 87.8 cm³/mol. The molecule has 0 N–H and O–H groups in total. The van der Waals surface area contributed by atoms with Gasteiger partial charge >= 0.3 is 0 Å². The summed E-state index contributed by atoms with van der Waals surface area (Å²) in [6.07, 6.45) is 4.66. The molecule has 5 heteroatoms. The van der Waals surface area contributed by atoms with E-state index in [1.807, 2.05) is 6.92 Å². The summed E-state index contributed by atoms with van der Waals surface area (Å²) in [6.45, 7) is 8.65. The Labute approximate surface area is 133 Å². The average Bonchev–Trinajstić information content (AvgIpc) is 2.42. The topological polar surface area (TPSA) is 43.4 Å². The fourth-order valence-corrected chi connectivity index (χ4v) is 3.55. The lowest BCUT2D eigenvalue weighted by molar-refractivity contribution is 0.232. The molecule has 0 aromatic heterocycles. The summed E-state index contributed by atoms with van der Waals surface area (Å²) in [7, 11) is 1.72. The molecule has 1 aromatic rings. The summed E-state index contributed by atoms with van der Waals surface area (Å²) in [4.78, 5) is 0.159. The van der Waals surface area contributed by atoms with Crippen LogP contribution < -0.4 is 4.74 Å². The monoisotopic (exact) mass is 332 g/mol. The molecule has 0 spiro atoms. The molecule has 0 aliphatic carbocycles. The van der Waals surface area contributed by atoms with Gasteiger partial charge in [0.2, 0.25) is 0 Å². The number of unbranched alkanes of at least 4 members (excludes halogenated alkanes) is 1. The maximum Gasteiger partial charge on any atom is 0.261 e. The lowest BCUT2D eigenvalue weighted by Gasteiger charge is -2.18. The molecule has 0 heterocycles. The van der Waals surface area contributed by atoms with Gasteiger partial charge in [-0.2, -0.15) is 0 Å². The minimum absolute atomic E-state index is 0.159. The van der Waals surface area contributed by atoms with Gasteiger partial charge in [-0.15, -0.1) is 0 Å². The molecule has 0 saturated carbocycles. The van der Waals surface area contributed by atoms with Crippen molar-refractivity contribution in [2.75, 3.05) is 6.61 Å². The molecule has 1 atom stereocenters. The number of hydrogen-bond acceptors (Lipinski definition) is 3. The second kappa shape index (κ2) is 8.04. The van der Waals surface area contributed by atoms with Crippen molar-refractivity contribution in [3.8, 4) is 5.75 Å². The van der Waals surface area contributed by atoms with Gasteiger partial charge in [0.1, 0.15) is 5.75 Å². The van der Waals surface area contributed by atoms with Gasteiger partial charge < -0.3 is 4.74 Å². The van der Waals surface area contributed by atoms with Crippen LogP contribution in [0.3, 0.4) is 0 Å². The Balaban J connectivity index is 2.84. The Bertz CT molecular complexity index is 567. The van der Waals surface area contributed by atoms with E-state index in [0.717, 1.165) is 17.7 Å². The molecule has 1 aromatic carbocycles. The van der Waals surface area contributed by atoms with Crippen molar-refractivity contribution in [2.24, 2.45) is 5.92 Å². The van der Waals surface area contributed by atoms with Gasteiger partial charge in [0.15, 0.2) is 0 Å². The minimum atomic E-state index is -3.70. The molecule has 0 aliphatic rings. The Hall–Kier alpha value is -0.740. The third-order valence-electron chi connectivity index (χ3n) is 3.97. The van der Waals surface area contributed by atoms with Crippen LogP contribution in [-0.2, 0) is 9.05 Å². The third kappa shape index (κ3) is 5.19. The minimum Gasteiger partial charge on any atom is -0.493 e. The van der Waals surface area contributed by atoms with Gasteiger partial charge in [0, 0.05) is 10.7 Å². The van der Waals surface area contributed by atoms with E-state index in [1.165, 1.54) is 25.3 Å². The zero-order valence-electron chi connectivity index (χ0n) is 13.3. The lowest BCUT2D eigenvalue weighted by atomic mass is 10.0. The van der Waals surface area contributed by atoms with Gasteiger partial charge in [-0.3, -0.25) is 0 Å². The first-order valence-corrected chi connectivity index (χ1v) is 9.79. The normalized spacial score (nSPS) is 13.2. The fourth-order valence-electron chi connectivity index (χ4n) is 2.30. The lowest BCUT2D eigenvalue weighted by Crippen LogP contribution is -2.12. The molecule has 1 unspecified atom stereocenters. The van der Waals surface area contributed by atoms with E-state index in [1.54, 1.807) is 13.0 Å². The van der Waals surface area contributed by atoms with Crippen LogP contribution in [0, 0.1) is 19.8 Å². The zero-order valence-corrected chi connectivity index (χ0v) is 14.9. The molecule has 0 aliphatic heterocycles. The van der Waals surface area contributed by atoms with Gasteiger partial charge in [0.25, 0.3) is 9.05 Å². The summed E-state index contributed by atoms with van der Waals surface area (Å²) in [5.41, 5.74) is 1.49. The predicted octanol–water partition coefficient (Wildman–Crippen LogP) is 4.83. The van der Waals surface area contributed by atoms with Crippen molar-refractivity contribution in [3.05, 3.63) is 23.3 Å². The zero-order chi connectivity index (χ0) is 16.0. The highest BCUT2D eigenvalue weighted by molar-refractivity contribution is 8.13. The average molecular weight is 333 g/mol. The van der Waals surface area contributed by atoms with Crippen molar-refractivity contribution >= 4 is 19.7 Å². The molecule has 3 nitrogen and oxygen atoms in total. The highest BCUT2D eigenvalue weighted by atomic mass is 35.7. The molecular formula is C16H25ClO3S. The first kappa shape index (κ1) is 18.3. The molecule has 0 amide bonds. The highest BCUT2D eigenvalue weighted by Gasteiger charge is 2.17. The second-order valence-corrected chi connectivity index (χ2v) is 8.01. The van der Waals surface area contributed by atoms with Crippen LogP contribution in [0.4, 0.5) is 0 Å². The SMILES string of the molecule is CCCCC(CC)COc1ccc(S(=O)(=O)Cl)c(C)c1C. The molecule has 0 bridgehead atoms. The summed E-state index contributed by atoms with van der Waals surface area (Å²) in [6, 6.07) is 3.22. The first-order valence-electron chi connectivity index (χ1n) is 7.48. The Morgan fingerprint density at radius 1 is 1.19 bits per heavy atom. The van der Waals surface area contributed by atoms with E-state index in [9.17, 15) is 8.42 Å². The first-order chi connectivity index (χ1) is 9.81. The van der Waals surface area contributed by atoms with E-state index < -0.39 is 9.05 Å². The number of ether oxygens (including phenoxy) is 1. The van der Waals surface area contributed by atoms with Crippen molar-refractivity contribution < 1.29 is 13.2 Å². The van der Waals surface area contributed by atoms with E-state index >= 15 is 0 Å². The van der Waals surface area contributed by atoms with E-state index in [2.05, 4.69) is 13.8 Å². The largest absolute Gasteiger partial charge is 0.493 e. The Kier molecular flexibility index (Phi) is 7.01.